The van der Waals surface area contributed by atoms with Crippen molar-refractivity contribution in [2.75, 3.05) is 13.1 Å². The minimum atomic E-state index is 0.257. The van der Waals surface area contributed by atoms with Crippen LogP contribution in [0.3, 0.4) is 0 Å². The van der Waals surface area contributed by atoms with E-state index in [1.165, 1.54) is 0 Å². The summed E-state index contributed by atoms with van der Waals surface area (Å²) in [7, 11) is 0. The predicted molar refractivity (Wildman–Crippen MR) is 71.1 cm³/mol. The first kappa shape index (κ1) is 12.9. The summed E-state index contributed by atoms with van der Waals surface area (Å²) in [5.74, 6) is 0.361. The van der Waals surface area contributed by atoms with E-state index in [2.05, 4.69) is 34.7 Å². The van der Waals surface area contributed by atoms with Crippen molar-refractivity contribution >= 4 is 15.9 Å². The molecule has 0 amide bonds. The molecule has 94 valence electrons. The molecule has 2 atom stereocenters. The van der Waals surface area contributed by atoms with Gasteiger partial charge in [-0.1, -0.05) is 15.9 Å². The Balaban J connectivity index is 2.07. The third-order valence-corrected chi connectivity index (χ3v) is 3.42. The molecule has 0 radical (unpaired) electrons. The molecule has 1 aromatic rings. The summed E-state index contributed by atoms with van der Waals surface area (Å²) < 4.78 is 6.69. The maximum absolute atomic E-state index is 9.82. The van der Waals surface area contributed by atoms with Crippen molar-refractivity contribution in [2.45, 2.75) is 32.6 Å². The lowest BCUT2D eigenvalue weighted by atomic mass is 10.1. The Kier molecular flexibility index (Phi) is 4.07. The highest BCUT2D eigenvalue weighted by molar-refractivity contribution is 9.10. The summed E-state index contributed by atoms with van der Waals surface area (Å²) in [6.07, 6.45) is 0.515. The smallest absolute Gasteiger partial charge is 0.120 e. The second kappa shape index (κ2) is 5.38. The Labute approximate surface area is 111 Å². The summed E-state index contributed by atoms with van der Waals surface area (Å²) in [6.45, 7) is 6.77. The Morgan fingerprint density at radius 3 is 2.65 bits per heavy atom. The number of phenolic OH excluding ortho intramolecular Hbond substituents is 1. The number of benzene rings is 1. The molecule has 0 aliphatic carbocycles. The fourth-order valence-electron chi connectivity index (χ4n) is 2.34. The summed E-state index contributed by atoms with van der Waals surface area (Å²) in [4.78, 5) is 2.32. The van der Waals surface area contributed by atoms with Crippen LogP contribution in [0.15, 0.2) is 22.7 Å². The van der Waals surface area contributed by atoms with E-state index in [0.717, 1.165) is 29.7 Å². The number of nitrogens with zero attached hydrogens (tertiary/aromatic N) is 1. The number of ether oxygens (including phenoxy) is 1. The van der Waals surface area contributed by atoms with Crippen LogP contribution < -0.4 is 0 Å². The average Bonchev–Trinajstić information content (AvgIpc) is 2.22. The molecule has 17 heavy (non-hydrogen) atoms. The van der Waals surface area contributed by atoms with Crippen LogP contribution in [0.2, 0.25) is 0 Å². The van der Waals surface area contributed by atoms with Crippen LogP contribution in [0.5, 0.6) is 5.75 Å². The van der Waals surface area contributed by atoms with E-state index in [9.17, 15) is 5.11 Å². The summed E-state index contributed by atoms with van der Waals surface area (Å²) >= 11 is 3.43. The number of hydrogen-bond acceptors (Lipinski definition) is 3. The molecule has 0 saturated carbocycles. The van der Waals surface area contributed by atoms with Gasteiger partial charge in [-0.2, -0.15) is 0 Å². The second-order valence-corrected chi connectivity index (χ2v) is 5.64. The van der Waals surface area contributed by atoms with Crippen molar-refractivity contribution in [1.29, 1.82) is 0 Å². The first-order valence-electron chi connectivity index (χ1n) is 5.90. The molecule has 1 fully saturated rings. The maximum atomic E-state index is 9.82. The third-order valence-electron chi connectivity index (χ3n) is 2.93. The highest BCUT2D eigenvalue weighted by Gasteiger charge is 2.22. The molecule has 0 bridgehead atoms. The first-order chi connectivity index (χ1) is 8.04. The summed E-state index contributed by atoms with van der Waals surface area (Å²) in [5.41, 5.74) is 0.959. The van der Waals surface area contributed by atoms with Gasteiger partial charge in [-0.15, -0.1) is 0 Å². The van der Waals surface area contributed by atoms with Crippen molar-refractivity contribution in [3.05, 3.63) is 28.2 Å². The molecule has 3 nitrogen and oxygen atoms in total. The number of phenols is 1. The Morgan fingerprint density at radius 2 is 2.00 bits per heavy atom. The quantitative estimate of drug-likeness (QED) is 0.911. The van der Waals surface area contributed by atoms with Crippen LogP contribution in [0.4, 0.5) is 0 Å². The molecule has 1 heterocycles. The molecule has 1 aliphatic rings. The normalized spacial score (nSPS) is 26.1. The molecule has 2 unspecified atom stereocenters. The van der Waals surface area contributed by atoms with Crippen molar-refractivity contribution in [3.63, 3.8) is 0 Å². The maximum Gasteiger partial charge on any atom is 0.120 e. The van der Waals surface area contributed by atoms with Crippen LogP contribution in [-0.2, 0) is 11.3 Å². The van der Waals surface area contributed by atoms with E-state index in [1.54, 1.807) is 6.07 Å². The minimum absolute atomic E-state index is 0.257. The molecule has 0 spiro atoms. The zero-order valence-corrected chi connectivity index (χ0v) is 11.8. The topological polar surface area (TPSA) is 32.7 Å². The lowest BCUT2D eigenvalue weighted by Gasteiger charge is -2.35. The van der Waals surface area contributed by atoms with Crippen LogP contribution in [0.1, 0.15) is 19.4 Å². The highest BCUT2D eigenvalue weighted by atomic mass is 79.9. The lowest BCUT2D eigenvalue weighted by Crippen LogP contribution is -2.44. The zero-order valence-electron chi connectivity index (χ0n) is 10.2. The van der Waals surface area contributed by atoms with Crippen LogP contribution in [-0.4, -0.2) is 35.3 Å². The van der Waals surface area contributed by atoms with Crippen molar-refractivity contribution in [3.8, 4) is 5.75 Å². The van der Waals surface area contributed by atoms with E-state index in [1.807, 2.05) is 12.1 Å². The lowest BCUT2D eigenvalue weighted by molar-refractivity contribution is -0.0706. The number of halogens is 1. The van der Waals surface area contributed by atoms with Crippen LogP contribution in [0.25, 0.3) is 0 Å². The fraction of sp³-hybridized carbons (Fsp3) is 0.538. The van der Waals surface area contributed by atoms with Gasteiger partial charge in [0.15, 0.2) is 0 Å². The number of aromatic hydroxyl groups is 1. The number of hydrogen-bond donors (Lipinski definition) is 1. The summed E-state index contributed by atoms with van der Waals surface area (Å²) in [6, 6.07) is 5.55. The largest absolute Gasteiger partial charge is 0.508 e. The average molecular weight is 300 g/mol. The Hall–Kier alpha value is -0.580. The SMILES string of the molecule is CC1CN(Cc2cc(Br)ccc2O)CC(C)O1. The number of morpholine rings is 1. The third kappa shape index (κ3) is 3.44. The first-order valence-corrected chi connectivity index (χ1v) is 6.69. The van der Waals surface area contributed by atoms with Gasteiger partial charge in [-0.25, -0.2) is 0 Å². The fourth-order valence-corrected chi connectivity index (χ4v) is 2.74. The number of rotatable bonds is 2. The van der Waals surface area contributed by atoms with Gasteiger partial charge in [0.05, 0.1) is 12.2 Å². The van der Waals surface area contributed by atoms with Crippen molar-refractivity contribution in [1.82, 2.24) is 4.90 Å². The van der Waals surface area contributed by atoms with E-state index in [-0.39, 0.29) is 12.2 Å². The zero-order chi connectivity index (χ0) is 12.4. The van der Waals surface area contributed by atoms with Gasteiger partial charge in [0.25, 0.3) is 0 Å². The van der Waals surface area contributed by atoms with Gasteiger partial charge in [0.1, 0.15) is 5.75 Å². The van der Waals surface area contributed by atoms with Crippen molar-refractivity contribution in [2.24, 2.45) is 0 Å². The monoisotopic (exact) mass is 299 g/mol. The highest BCUT2D eigenvalue weighted by Crippen LogP contribution is 2.24. The van der Waals surface area contributed by atoms with Crippen LogP contribution >= 0.6 is 15.9 Å². The standard InChI is InChI=1S/C13H18BrNO2/c1-9-6-15(7-10(2)17-9)8-11-5-12(14)3-4-13(11)16/h3-5,9-10,16H,6-8H2,1-2H3. The molecule has 0 aromatic heterocycles. The van der Waals surface area contributed by atoms with E-state index in [4.69, 9.17) is 4.74 Å². The Bertz CT molecular complexity index is 387. The molecule has 1 aromatic carbocycles. The Morgan fingerprint density at radius 1 is 1.35 bits per heavy atom. The van der Waals surface area contributed by atoms with Gasteiger partial charge in [-0.05, 0) is 32.0 Å². The minimum Gasteiger partial charge on any atom is -0.508 e. The van der Waals surface area contributed by atoms with Gasteiger partial charge in [0.2, 0.25) is 0 Å². The van der Waals surface area contributed by atoms with Gasteiger partial charge in [0, 0.05) is 29.7 Å². The molecule has 4 heteroatoms. The second-order valence-electron chi connectivity index (χ2n) is 4.72. The molecule has 1 aliphatic heterocycles. The van der Waals surface area contributed by atoms with Gasteiger partial charge < -0.3 is 9.84 Å². The van der Waals surface area contributed by atoms with Gasteiger partial charge >= 0.3 is 0 Å². The van der Waals surface area contributed by atoms with Crippen LogP contribution in [0, 0.1) is 0 Å². The van der Waals surface area contributed by atoms with E-state index < -0.39 is 0 Å². The van der Waals surface area contributed by atoms with E-state index in [0.29, 0.717) is 5.75 Å². The molecule has 1 N–H and O–H groups in total. The van der Waals surface area contributed by atoms with Crippen molar-refractivity contribution < 1.29 is 9.84 Å². The van der Waals surface area contributed by atoms with Gasteiger partial charge in [-0.3, -0.25) is 4.90 Å². The molecular formula is C13H18BrNO2. The summed E-state index contributed by atoms with van der Waals surface area (Å²) in [5, 5.41) is 9.82. The molecule has 2 rings (SSSR count). The predicted octanol–water partition coefficient (Wildman–Crippen LogP) is 2.76. The molecule has 1 saturated heterocycles. The molecular weight excluding hydrogens is 282 g/mol. The van der Waals surface area contributed by atoms with E-state index >= 15 is 0 Å².